The Kier molecular flexibility index (Phi) is 5.10. The first-order chi connectivity index (χ1) is 17.5. The molecule has 0 radical (unpaired) electrons. The quantitative estimate of drug-likeness (QED) is 0.402. The molecule has 1 atom stereocenters. The van der Waals surface area contributed by atoms with Crippen molar-refractivity contribution in [3.05, 3.63) is 89.8 Å². The molecule has 5 aromatic rings. The Hall–Kier alpha value is -4.46. The van der Waals surface area contributed by atoms with Gasteiger partial charge >= 0.3 is 0 Å². The molecule has 8 heteroatoms. The fourth-order valence-electron chi connectivity index (χ4n) is 5.05. The molecule has 0 spiro atoms. The first-order valence-electron chi connectivity index (χ1n) is 12.0. The van der Waals surface area contributed by atoms with E-state index in [9.17, 15) is 4.79 Å². The fraction of sp³-hybridized carbons (Fsp3) is 0.214. The smallest absolute Gasteiger partial charge is 0.252 e. The van der Waals surface area contributed by atoms with Crippen molar-refractivity contribution in [1.82, 2.24) is 34.8 Å². The van der Waals surface area contributed by atoms with Crippen LogP contribution in [0.5, 0.6) is 0 Å². The van der Waals surface area contributed by atoms with Crippen LogP contribution in [0.15, 0.2) is 67.3 Å². The predicted octanol–water partition coefficient (Wildman–Crippen LogP) is 4.48. The number of benzene rings is 2. The Labute approximate surface area is 208 Å². The van der Waals surface area contributed by atoms with E-state index in [1.807, 2.05) is 41.8 Å². The van der Waals surface area contributed by atoms with Gasteiger partial charge in [-0.05, 0) is 50.5 Å². The van der Waals surface area contributed by atoms with Gasteiger partial charge in [-0.3, -0.25) is 4.79 Å². The number of imidazole rings is 1. The molecule has 0 bridgehead atoms. The SMILES string of the molecule is CCn1c(-c2cnc(C)nc2)nc2c(-c3ccc4c(c3)[C@@](C)(Cc3ccccc3)NC4=O)ncnc21. The standard InChI is InChI=1S/C28H25N7O/c1-4-35-25(20-14-29-17(2)30-15-20)33-24-23(31-16-32-26(24)35)19-10-11-21-22(12-19)28(3,34-27(21)36)13-18-8-6-5-7-9-18/h5-12,14-16H,4,13H2,1-3H3,(H,34,36)/t28-/m1/s1. The summed E-state index contributed by atoms with van der Waals surface area (Å²) in [7, 11) is 0. The van der Waals surface area contributed by atoms with Gasteiger partial charge in [-0.1, -0.05) is 36.4 Å². The number of carbonyl (C=O) groups is 1. The predicted molar refractivity (Wildman–Crippen MR) is 137 cm³/mol. The Morgan fingerprint density at radius 1 is 0.972 bits per heavy atom. The molecule has 36 heavy (non-hydrogen) atoms. The van der Waals surface area contributed by atoms with Crippen molar-refractivity contribution in [2.24, 2.45) is 0 Å². The second kappa shape index (κ2) is 8.34. The monoisotopic (exact) mass is 475 g/mol. The topological polar surface area (TPSA) is 98.5 Å². The molecule has 1 N–H and O–H groups in total. The van der Waals surface area contributed by atoms with E-state index in [0.717, 1.165) is 39.4 Å². The maximum atomic E-state index is 12.8. The summed E-state index contributed by atoms with van der Waals surface area (Å²) in [5.41, 5.74) is 6.19. The highest BCUT2D eigenvalue weighted by Crippen LogP contribution is 2.38. The molecule has 178 valence electrons. The molecule has 3 aromatic heterocycles. The Bertz CT molecular complexity index is 1610. The average molecular weight is 476 g/mol. The van der Waals surface area contributed by atoms with Gasteiger partial charge in [0.15, 0.2) is 5.65 Å². The Morgan fingerprint density at radius 3 is 2.50 bits per heavy atom. The van der Waals surface area contributed by atoms with Crippen LogP contribution in [0.25, 0.3) is 33.8 Å². The summed E-state index contributed by atoms with van der Waals surface area (Å²) >= 11 is 0. The van der Waals surface area contributed by atoms with Gasteiger partial charge in [0.2, 0.25) is 0 Å². The summed E-state index contributed by atoms with van der Waals surface area (Å²) in [6.07, 6.45) is 5.83. The molecule has 8 nitrogen and oxygen atoms in total. The van der Waals surface area contributed by atoms with E-state index in [1.54, 1.807) is 18.7 Å². The fourth-order valence-corrected chi connectivity index (χ4v) is 5.05. The molecule has 2 aromatic carbocycles. The molecule has 1 aliphatic rings. The van der Waals surface area contributed by atoms with Gasteiger partial charge in [0.05, 0.1) is 11.1 Å². The molecule has 6 rings (SSSR count). The van der Waals surface area contributed by atoms with Gasteiger partial charge in [0.1, 0.15) is 29.2 Å². The van der Waals surface area contributed by atoms with Crippen LogP contribution < -0.4 is 5.32 Å². The highest BCUT2D eigenvalue weighted by molar-refractivity contribution is 6.01. The number of hydrogen-bond acceptors (Lipinski definition) is 6. The first-order valence-corrected chi connectivity index (χ1v) is 12.0. The number of aryl methyl sites for hydroxylation is 2. The molecule has 4 heterocycles. The largest absolute Gasteiger partial charge is 0.342 e. The van der Waals surface area contributed by atoms with E-state index in [0.29, 0.717) is 29.9 Å². The van der Waals surface area contributed by atoms with Crippen molar-refractivity contribution >= 4 is 17.1 Å². The molecule has 1 amide bonds. The Balaban J connectivity index is 1.49. The molecule has 0 aliphatic carbocycles. The van der Waals surface area contributed by atoms with Gasteiger partial charge in [0.25, 0.3) is 5.91 Å². The molecule has 0 unspecified atom stereocenters. The van der Waals surface area contributed by atoms with Crippen LogP contribution >= 0.6 is 0 Å². The van der Waals surface area contributed by atoms with Gasteiger partial charge in [-0.2, -0.15) is 0 Å². The summed E-state index contributed by atoms with van der Waals surface area (Å²) in [6.45, 7) is 6.68. The number of aromatic nitrogens is 6. The maximum absolute atomic E-state index is 12.8. The van der Waals surface area contributed by atoms with Crippen LogP contribution in [0.3, 0.4) is 0 Å². The molecular weight excluding hydrogens is 450 g/mol. The number of rotatable bonds is 5. The summed E-state index contributed by atoms with van der Waals surface area (Å²) in [4.78, 5) is 35.6. The summed E-state index contributed by atoms with van der Waals surface area (Å²) < 4.78 is 2.05. The van der Waals surface area contributed by atoms with Crippen LogP contribution in [0.1, 0.15) is 41.2 Å². The number of fused-ring (bicyclic) bond motifs is 2. The molecule has 1 aliphatic heterocycles. The highest BCUT2D eigenvalue weighted by atomic mass is 16.2. The van der Waals surface area contributed by atoms with Crippen molar-refractivity contribution in [3.8, 4) is 22.6 Å². The molecule has 0 saturated heterocycles. The average Bonchev–Trinajstić information content (AvgIpc) is 3.39. The van der Waals surface area contributed by atoms with E-state index in [1.165, 1.54) is 0 Å². The minimum absolute atomic E-state index is 0.0558. The molecule has 0 fully saturated rings. The number of nitrogens with one attached hydrogen (secondary N) is 1. The van der Waals surface area contributed by atoms with E-state index in [4.69, 9.17) is 4.98 Å². The second-order valence-corrected chi connectivity index (χ2v) is 9.30. The summed E-state index contributed by atoms with van der Waals surface area (Å²) in [5.74, 6) is 1.40. The Morgan fingerprint density at radius 2 is 1.75 bits per heavy atom. The van der Waals surface area contributed by atoms with Gasteiger partial charge in [-0.15, -0.1) is 0 Å². The lowest BCUT2D eigenvalue weighted by atomic mass is 9.85. The van der Waals surface area contributed by atoms with Crippen LogP contribution in [-0.2, 0) is 18.5 Å². The number of nitrogens with zero attached hydrogens (tertiary/aromatic N) is 6. The molecule has 0 saturated carbocycles. The van der Waals surface area contributed by atoms with Gasteiger partial charge in [-0.25, -0.2) is 24.9 Å². The molecular formula is C28H25N7O. The van der Waals surface area contributed by atoms with Gasteiger partial charge < -0.3 is 9.88 Å². The lowest BCUT2D eigenvalue weighted by Crippen LogP contribution is -2.38. The lowest BCUT2D eigenvalue weighted by Gasteiger charge is -2.26. The zero-order chi connectivity index (χ0) is 24.9. The van der Waals surface area contributed by atoms with E-state index in [2.05, 4.69) is 57.3 Å². The van der Waals surface area contributed by atoms with Crippen molar-refractivity contribution in [1.29, 1.82) is 0 Å². The van der Waals surface area contributed by atoms with Crippen LogP contribution in [0, 0.1) is 6.92 Å². The van der Waals surface area contributed by atoms with Crippen LogP contribution in [0.2, 0.25) is 0 Å². The zero-order valence-electron chi connectivity index (χ0n) is 20.4. The minimum Gasteiger partial charge on any atom is -0.342 e. The van der Waals surface area contributed by atoms with E-state index < -0.39 is 5.54 Å². The van der Waals surface area contributed by atoms with Crippen molar-refractivity contribution in [3.63, 3.8) is 0 Å². The van der Waals surface area contributed by atoms with E-state index in [-0.39, 0.29) is 5.91 Å². The van der Waals surface area contributed by atoms with Gasteiger partial charge in [0, 0.05) is 30.1 Å². The first kappa shape index (κ1) is 22.0. The van der Waals surface area contributed by atoms with Crippen molar-refractivity contribution < 1.29 is 4.79 Å². The van der Waals surface area contributed by atoms with Crippen LogP contribution in [0.4, 0.5) is 0 Å². The number of amides is 1. The van der Waals surface area contributed by atoms with E-state index >= 15 is 0 Å². The normalized spacial score (nSPS) is 16.8. The van der Waals surface area contributed by atoms with Crippen LogP contribution in [-0.4, -0.2) is 35.4 Å². The summed E-state index contributed by atoms with van der Waals surface area (Å²) in [6, 6.07) is 16.1. The number of hydrogen-bond donors (Lipinski definition) is 1. The lowest BCUT2D eigenvalue weighted by molar-refractivity contribution is 0.0935. The van der Waals surface area contributed by atoms with Crippen molar-refractivity contribution in [2.45, 2.75) is 39.3 Å². The highest BCUT2D eigenvalue weighted by Gasteiger charge is 2.39. The zero-order valence-corrected chi connectivity index (χ0v) is 20.4. The van der Waals surface area contributed by atoms with Crippen molar-refractivity contribution in [2.75, 3.05) is 0 Å². The minimum atomic E-state index is -0.525. The second-order valence-electron chi connectivity index (χ2n) is 9.30. The number of carbonyl (C=O) groups excluding carboxylic acids is 1. The third-order valence-corrected chi connectivity index (χ3v) is 6.81. The summed E-state index contributed by atoms with van der Waals surface area (Å²) in [5, 5.41) is 3.20. The third kappa shape index (κ3) is 3.53. The third-order valence-electron chi connectivity index (χ3n) is 6.81. The maximum Gasteiger partial charge on any atom is 0.252 e.